The average Bonchev–Trinajstić information content (AvgIpc) is 2.62. The Morgan fingerprint density at radius 3 is 2.64 bits per heavy atom. The smallest absolute Gasteiger partial charge is 0.251 e. The number of thioether (sulfide) groups is 1. The van der Waals surface area contributed by atoms with Gasteiger partial charge in [0.1, 0.15) is 6.10 Å². The molecule has 0 aliphatic carbocycles. The van der Waals surface area contributed by atoms with Crippen LogP contribution in [-0.4, -0.2) is 61.7 Å². The summed E-state index contributed by atoms with van der Waals surface area (Å²) < 4.78 is 11.6. The molecule has 0 spiro atoms. The third-order valence-electron chi connectivity index (χ3n) is 4.52. The summed E-state index contributed by atoms with van der Waals surface area (Å²) in [6.45, 7) is 7.20. The number of benzene rings is 1. The van der Waals surface area contributed by atoms with E-state index in [0.29, 0.717) is 29.6 Å². The van der Waals surface area contributed by atoms with Crippen LogP contribution < -0.4 is 14.8 Å². The summed E-state index contributed by atoms with van der Waals surface area (Å²) in [6.07, 6.45) is 4.17. The van der Waals surface area contributed by atoms with Crippen LogP contribution in [0.5, 0.6) is 11.5 Å². The number of ether oxygens (including phenoxy) is 2. The standard InChI is InChI=1S/C19H30N2O3S/c1-14(2)21-10-7-16(8-11-21)24-18-13-15(5-6-17(18)23-3)19(22)20-9-12-25-4/h5-6,13-14,16H,7-12H2,1-4H3,(H,20,22). The van der Waals surface area contributed by atoms with Gasteiger partial charge in [-0.15, -0.1) is 0 Å². The van der Waals surface area contributed by atoms with E-state index in [0.717, 1.165) is 31.7 Å². The first-order chi connectivity index (χ1) is 12.0. The number of piperidine rings is 1. The van der Waals surface area contributed by atoms with E-state index in [-0.39, 0.29) is 12.0 Å². The van der Waals surface area contributed by atoms with E-state index in [1.165, 1.54) is 0 Å². The first-order valence-electron chi connectivity index (χ1n) is 8.91. The molecule has 1 saturated heterocycles. The molecule has 0 aromatic heterocycles. The minimum Gasteiger partial charge on any atom is -0.493 e. The van der Waals surface area contributed by atoms with Crippen molar-refractivity contribution < 1.29 is 14.3 Å². The zero-order valence-corrected chi connectivity index (χ0v) is 16.5. The second kappa shape index (κ2) is 9.92. The lowest BCUT2D eigenvalue weighted by Gasteiger charge is -2.34. The summed E-state index contributed by atoms with van der Waals surface area (Å²) >= 11 is 1.71. The van der Waals surface area contributed by atoms with Gasteiger partial charge in [-0.25, -0.2) is 0 Å². The molecule has 0 saturated carbocycles. The predicted octanol–water partition coefficient (Wildman–Crippen LogP) is 3.04. The highest BCUT2D eigenvalue weighted by Crippen LogP contribution is 2.31. The van der Waals surface area contributed by atoms with E-state index in [2.05, 4.69) is 24.1 Å². The number of carbonyl (C=O) groups is 1. The van der Waals surface area contributed by atoms with Crippen LogP contribution in [0, 0.1) is 0 Å². The summed E-state index contributed by atoms with van der Waals surface area (Å²) in [6, 6.07) is 5.95. The number of nitrogens with zero attached hydrogens (tertiary/aromatic N) is 1. The van der Waals surface area contributed by atoms with Gasteiger partial charge in [-0.2, -0.15) is 11.8 Å². The van der Waals surface area contributed by atoms with Crippen LogP contribution in [0.25, 0.3) is 0 Å². The van der Waals surface area contributed by atoms with Gasteiger partial charge in [-0.1, -0.05) is 0 Å². The average molecular weight is 367 g/mol. The summed E-state index contributed by atoms with van der Waals surface area (Å²) in [4.78, 5) is 14.7. The van der Waals surface area contributed by atoms with Crippen LogP contribution in [0.3, 0.4) is 0 Å². The predicted molar refractivity (Wildman–Crippen MR) is 104 cm³/mol. The molecule has 140 valence electrons. The van der Waals surface area contributed by atoms with Crippen LogP contribution in [0.2, 0.25) is 0 Å². The maximum absolute atomic E-state index is 12.3. The molecule has 0 radical (unpaired) electrons. The molecular weight excluding hydrogens is 336 g/mol. The Labute approximate surface area is 155 Å². The molecule has 25 heavy (non-hydrogen) atoms. The fourth-order valence-electron chi connectivity index (χ4n) is 2.97. The van der Waals surface area contributed by atoms with Crippen molar-refractivity contribution in [2.24, 2.45) is 0 Å². The quantitative estimate of drug-likeness (QED) is 0.717. The van der Waals surface area contributed by atoms with Gasteiger partial charge in [0.2, 0.25) is 0 Å². The molecule has 1 N–H and O–H groups in total. The van der Waals surface area contributed by atoms with Crippen molar-refractivity contribution in [1.82, 2.24) is 10.2 Å². The van der Waals surface area contributed by atoms with Crippen molar-refractivity contribution >= 4 is 17.7 Å². The zero-order chi connectivity index (χ0) is 18.2. The molecule has 1 aliphatic heterocycles. The number of likely N-dealkylation sites (tertiary alicyclic amines) is 1. The second-order valence-corrected chi connectivity index (χ2v) is 7.55. The molecule has 6 heteroatoms. The summed E-state index contributed by atoms with van der Waals surface area (Å²) in [5.74, 6) is 2.16. The highest BCUT2D eigenvalue weighted by Gasteiger charge is 2.23. The van der Waals surface area contributed by atoms with Crippen LogP contribution in [-0.2, 0) is 0 Å². The number of methoxy groups -OCH3 is 1. The molecule has 0 atom stereocenters. The molecule has 1 aromatic carbocycles. The van der Waals surface area contributed by atoms with Crippen molar-refractivity contribution in [3.63, 3.8) is 0 Å². The zero-order valence-electron chi connectivity index (χ0n) is 15.7. The number of hydrogen-bond acceptors (Lipinski definition) is 5. The Morgan fingerprint density at radius 2 is 2.04 bits per heavy atom. The molecule has 1 aliphatic rings. The fraction of sp³-hybridized carbons (Fsp3) is 0.632. The SMILES string of the molecule is COc1ccc(C(=O)NCCSC)cc1OC1CCN(C(C)C)CC1. The third-order valence-corrected chi connectivity index (χ3v) is 5.13. The van der Waals surface area contributed by atoms with Gasteiger partial charge >= 0.3 is 0 Å². The molecule has 1 fully saturated rings. The molecule has 1 heterocycles. The van der Waals surface area contributed by atoms with Gasteiger partial charge in [-0.3, -0.25) is 4.79 Å². The van der Waals surface area contributed by atoms with Crippen molar-refractivity contribution in [2.75, 3.05) is 38.8 Å². The summed E-state index contributed by atoms with van der Waals surface area (Å²) in [5.41, 5.74) is 0.608. The highest BCUT2D eigenvalue weighted by molar-refractivity contribution is 7.98. The Bertz CT molecular complexity index is 558. The van der Waals surface area contributed by atoms with Gasteiger partial charge in [0.05, 0.1) is 7.11 Å². The maximum atomic E-state index is 12.3. The van der Waals surface area contributed by atoms with Crippen LogP contribution in [0.15, 0.2) is 18.2 Å². The Balaban J connectivity index is 2.01. The van der Waals surface area contributed by atoms with Gasteiger partial charge in [0.15, 0.2) is 11.5 Å². The number of amides is 1. The van der Waals surface area contributed by atoms with Crippen LogP contribution in [0.4, 0.5) is 0 Å². The fourth-order valence-corrected chi connectivity index (χ4v) is 3.27. The second-order valence-electron chi connectivity index (χ2n) is 6.56. The van der Waals surface area contributed by atoms with Gasteiger partial charge < -0.3 is 19.7 Å². The lowest BCUT2D eigenvalue weighted by molar-refractivity contribution is 0.0819. The molecule has 0 bridgehead atoms. The number of nitrogens with one attached hydrogen (secondary N) is 1. The number of carbonyl (C=O) groups excluding carboxylic acids is 1. The van der Waals surface area contributed by atoms with Gasteiger partial charge in [0.25, 0.3) is 5.91 Å². The summed E-state index contributed by atoms with van der Waals surface area (Å²) in [7, 11) is 1.63. The van der Waals surface area contributed by atoms with E-state index in [4.69, 9.17) is 9.47 Å². The lowest BCUT2D eigenvalue weighted by atomic mass is 10.1. The van der Waals surface area contributed by atoms with E-state index in [1.807, 2.05) is 12.3 Å². The third kappa shape index (κ3) is 5.82. The topological polar surface area (TPSA) is 50.8 Å². The van der Waals surface area contributed by atoms with E-state index < -0.39 is 0 Å². The van der Waals surface area contributed by atoms with Gasteiger partial charge in [-0.05, 0) is 51.1 Å². The Hall–Kier alpha value is -1.40. The molecule has 1 amide bonds. The molecule has 0 unspecified atom stereocenters. The first kappa shape index (κ1) is 19.9. The minimum atomic E-state index is -0.0730. The first-order valence-corrected chi connectivity index (χ1v) is 10.3. The molecule has 2 rings (SSSR count). The van der Waals surface area contributed by atoms with E-state index >= 15 is 0 Å². The molecule has 5 nitrogen and oxygen atoms in total. The normalized spacial score (nSPS) is 16.0. The monoisotopic (exact) mass is 366 g/mol. The number of hydrogen-bond donors (Lipinski definition) is 1. The van der Waals surface area contributed by atoms with Crippen molar-refractivity contribution in [2.45, 2.75) is 38.8 Å². The van der Waals surface area contributed by atoms with Crippen molar-refractivity contribution in [3.05, 3.63) is 23.8 Å². The molecule has 1 aromatic rings. The van der Waals surface area contributed by atoms with E-state index in [9.17, 15) is 4.79 Å². The Kier molecular flexibility index (Phi) is 7.90. The van der Waals surface area contributed by atoms with Crippen LogP contribution >= 0.6 is 11.8 Å². The largest absolute Gasteiger partial charge is 0.493 e. The number of rotatable bonds is 8. The minimum absolute atomic E-state index is 0.0730. The lowest BCUT2D eigenvalue weighted by Crippen LogP contribution is -2.41. The van der Waals surface area contributed by atoms with E-state index in [1.54, 1.807) is 31.0 Å². The van der Waals surface area contributed by atoms with Gasteiger partial charge in [0, 0.05) is 37.0 Å². The molecular formula is C19H30N2O3S. The highest BCUT2D eigenvalue weighted by atomic mass is 32.2. The van der Waals surface area contributed by atoms with Crippen LogP contribution in [0.1, 0.15) is 37.0 Å². The Morgan fingerprint density at radius 1 is 1.32 bits per heavy atom. The summed E-state index contributed by atoms with van der Waals surface area (Å²) in [5, 5.41) is 2.92. The van der Waals surface area contributed by atoms with Crippen molar-refractivity contribution in [3.8, 4) is 11.5 Å². The van der Waals surface area contributed by atoms with Crippen molar-refractivity contribution in [1.29, 1.82) is 0 Å². The maximum Gasteiger partial charge on any atom is 0.251 e.